The second-order valence-corrected chi connectivity index (χ2v) is 6.49. The van der Waals surface area contributed by atoms with Crippen molar-refractivity contribution in [3.8, 4) is 0 Å². The summed E-state index contributed by atoms with van der Waals surface area (Å²) in [6.07, 6.45) is 1.38. The highest BCUT2D eigenvalue weighted by molar-refractivity contribution is 9.10. The van der Waals surface area contributed by atoms with Crippen molar-refractivity contribution in [2.75, 3.05) is 0 Å². The van der Waals surface area contributed by atoms with Gasteiger partial charge in [-0.15, -0.1) is 0 Å². The average Bonchev–Trinajstić information content (AvgIpc) is 2.83. The molecule has 3 rings (SSSR count). The number of halogens is 1. The van der Waals surface area contributed by atoms with E-state index in [-0.39, 0.29) is 11.9 Å². The van der Waals surface area contributed by atoms with E-state index in [9.17, 15) is 9.59 Å². The van der Waals surface area contributed by atoms with Gasteiger partial charge in [0.25, 0.3) is 5.91 Å². The maximum atomic E-state index is 12.4. The molecule has 1 aliphatic heterocycles. The molecule has 1 N–H and O–H groups in total. The van der Waals surface area contributed by atoms with Gasteiger partial charge in [-0.2, -0.15) is 0 Å². The van der Waals surface area contributed by atoms with E-state index in [1.54, 1.807) is 0 Å². The monoisotopic (exact) mass is 372 g/mol. The Morgan fingerprint density at radius 3 is 2.35 bits per heavy atom. The zero-order valence-corrected chi connectivity index (χ0v) is 14.1. The summed E-state index contributed by atoms with van der Waals surface area (Å²) in [4.78, 5) is 25.8. The molecule has 0 spiro atoms. The minimum atomic E-state index is -0.432. The van der Waals surface area contributed by atoms with Gasteiger partial charge in [0.15, 0.2) is 0 Å². The minimum absolute atomic E-state index is 0.145. The number of carbonyl (C=O) groups excluding carboxylic acids is 2. The van der Waals surface area contributed by atoms with Crippen molar-refractivity contribution in [3.63, 3.8) is 0 Å². The van der Waals surface area contributed by atoms with E-state index >= 15 is 0 Å². The summed E-state index contributed by atoms with van der Waals surface area (Å²) in [5, 5.41) is 2.78. The molecule has 0 aromatic heterocycles. The van der Waals surface area contributed by atoms with Gasteiger partial charge < -0.3 is 5.32 Å². The van der Waals surface area contributed by atoms with E-state index in [2.05, 4.69) is 21.2 Å². The first-order valence-electron chi connectivity index (χ1n) is 7.54. The molecular weight excluding hydrogens is 356 g/mol. The average molecular weight is 373 g/mol. The van der Waals surface area contributed by atoms with E-state index in [0.29, 0.717) is 13.0 Å². The third-order valence-electron chi connectivity index (χ3n) is 3.93. The topological polar surface area (TPSA) is 49.4 Å². The van der Waals surface area contributed by atoms with Gasteiger partial charge in [0.1, 0.15) is 6.04 Å². The molecule has 2 aromatic rings. The minimum Gasteiger partial charge on any atom is -0.326 e. The number of nitrogens with one attached hydrogen (secondary N) is 1. The van der Waals surface area contributed by atoms with Crippen LogP contribution in [0.25, 0.3) is 0 Å². The van der Waals surface area contributed by atoms with E-state index in [1.807, 2.05) is 54.6 Å². The standard InChI is InChI=1S/C18H17BrN2O2/c19-15-9-6-14(7-10-15)12-21-17(22)16(20-18(21)23)11-8-13-4-2-1-3-5-13/h1-7,9-10,16H,8,11-12H2,(H,20,23)/t16-/m1/s1. The van der Waals surface area contributed by atoms with Gasteiger partial charge in [-0.05, 0) is 36.1 Å². The Bertz CT molecular complexity index is 701. The van der Waals surface area contributed by atoms with Crippen molar-refractivity contribution in [1.82, 2.24) is 10.2 Å². The highest BCUT2D eigenvalue weighted by Crippen LogP contribution is 2.17. The number of amides is 3. The molecular formula is C18H17BrN2O2. The Kier molecular flexibility index (Phi) is 4.76. The highest BCUT2D eigenvalue weighted by atomic mass is 79.9. The Labute approximate surface area is 143 Å². The molecule has 2 aromatic carbocycles. The van der Waals surface area contributed by atoms with Crippen LogP contribution in [0.5, 0.6) is 0 Å². The summed E-state index contributed by atoms with van der Waals surface area (Å²) in [5.41, 5.74) is 2.10. The summed E-state index contributed by atoms with van der Waals surface area (Å²) in [5.74, 6) is -0.145. The van der Waals surface area contributed by atoms with Crippen LogP contribution in [0.2, 0.25) is 0 Å². The normalized spacial score (nSPS) is 17.4. The number of carbonyl (C=O) groups is 2. The molecule has 4 nitrogen and oxygen atoms in total. The van der Waals surface area contributed by atoms with E-state index in [1.165, 1.54) is 10.5 Å². The molecule has 1 saturated heterocycles. The molecule has 0 radical (unpaired) electrons. The lowest BCUT2D eigenvalue weighted by Gasteiger charge is -2.13. The Balaban J connectivity index is 1.62. The first-order valence-corrected chi connectivity index (χ1v) is 8.33. The summed E-state index contributed by atoms with van der Waals surface area (Å²) >= 11 is 3.37. The van der Waals surface area contributed by atoms with Gasteiger partial charge in [0, 0.05) is 4.47 Å². The summed E-state index contributed by atoms with van der Waals surface area (Å²) in [6, 6.07) is 16.8. The Morgan fingerprint density at radius 1 is 0.957 bits per heavy atom. The molecule has 118 valence electrons. The molecule has 0 saturated carbocycles. The summed E-state index contributed by atoms with van der Waals surface area (Å²) in [7, 11) is 0. The maximum Gasteiger partial charge on any atom is 0.325 e. The van der Waals surface area contributed by atoms with Crippen molar-refractivity contribution >= 4 is 27.9 Å². The molecule has 1 atom stereocenters. The molecule has 1 aliphatic rings. The smallest absolute Gasteiger partial charge is 0.325 e. The number of benzene rings is 2. The Morgan fingerprint density at radius 2 is 1.65 bits per heavy atom. The van der Waals surface area contributed by atoms with Crippen LogP contribution in [0, 0.1) is 0 Å². The number of hydrogen-bond acceptors (Lipinski definition) is 2. The van der Waals surface area contributed by atoms with Crippen LogP contribution < -0.4 is 5.32 Å². The zero-order valence-electron chi connectivity index (χ0n) is 12.5. The zero-order chi connectivity index (χ0) is 16.2. The molecule has 3 amide bonds. The predicted molar refractivity (Wildman–Crippen MR) is 91.8 cm³/mol. The Hall–Kier alpha value is -2.14. The first-order chi connectivity index (χ1) is 11.1. The first kappa shape index (κ1) is 15.7. The van der Waals surface area contributed by atoms with Gasteiger partial charge in [-0.1, -0.05) is 58.4 Å². The largest absolute Gasteiger partial charge is 0.326 e. The van der Waals surface area contributed by atoms with E-state index < -0.39 is 6.04 Å². The van der Waals surface area contributed by atoms with E-state index in [0.717, 1.165) is 16.5 Å². The number of hydrogen-bond donors (Lipinski definition) is 1. The SMILES string of the molecule is O=C1N[C@H](CCc2ccccc2)C(=O)N1Cc1ccc(Br)cc1. The van der Waals surface area contributed by atoms with Crippen molar-refractivity contribution in [2.24, 2.45) is 0 Å². The second kappa shape index (κ2) is 6.96. The molecule has 0 unspecified atom stereocenters. The second-order valence-electron chi connectivity index (χ2n) is 5.58. The molecule has 0 aliphatic carbocycles. The molecule has 1 heterocycles. The van der Waals surface area contributed by atoms with Crippen molar-refractivity contribution in [2.45, 2.75) is 25.4 Å². The van der Waals surface area contributed by atoms with Gasteiger partial charge >= 0.3 is 6.03 Å². The molecule has 23 heavy (non-hydrogen) atoms. The van der Waals surface area contributed by atoms with Crippen LogP contribution in [0.1, 0.15) is 17.5 Å². The van der Waals surface area contributed by atoms with Crippen LogP contribution in [0.15, 0.2) is 59.1 Å². The molecule has 0 bridgehead atoms. The van der Waals surface area contributed by atoms with Crippen LogP contribution in [0.3, 0.4) is 0 Å². The van der Waals surface area contributed by atoms with E-state index in [4.69, 9.17) is 0 Å². The van der Waals surface area contributed by atoms with Crippen molar-refractivity contribution in [3.05, 3.63) is 70.2 Å². The molecule has 5 heteroatoms. The summed E-state index contributed by atoms with van der Waals surface area (Å²) in [6.45, 7) is 0.305. The lowest BCUT2D eigenvalue weighted by Crippen LogP contribution is -2.31. The number of rotatable bonds is 5. The molecule has 1 fully saturated rings. The van der Waals surface area contributed by atoms with Crippen molar-refractivity contribution in [1.29, 1.82) is 0 Å². The van der Waals surface area contributed by atoms with Gasteiger partial charge in [0.05, 0.1) is 6.54 Å². The lowest BCUT2D eigenvalue weighted by molar-refractivity contribution is -0.128. The van der Waals surface area contributed by atoms with Crippen LogP contribution in [-0.4, -0.2) is 22.9 Å². The third kappa shape index (κ3) is 3.79. The fourth-order valence-corrected chi connectivity index (χ4v) is 2.91. The van der Waals surface area contributed by atoms with Gasteiger partial charge in [-0.25, -0.2) is 4.79 Å². The van der Waals surface area contributed by atoms with Gasteiger partial charge in [-0.3, -0.25) is 9.69 Å². The maximum absolute atomic E-state index is 12.4. The quantitative estimate of drug-likeness (QED) is 0.816. The third-order valence-corrected chi connectivity index (χ3v) is 4.45. The fraction of sp³-hybridized carbons (Fsp3) is 0.222. The number of nitrogens with zero attached hydrogens (tertiary/aromatic N) is 1. The van der Waals surface area contributed by atoms with Crippen LogP contribution in [0.4, 0.5) is 4.79 Å². The predicted octanol–water partition coefficient (Wildman–Crippen LogP) is 3.50. The van der Waals surface area contributed by atoms with Crippen molar-refractivity contribution < 1.29 is 9.59 Å². The van der Waals surface area contributed by atoms with Crippen LogP contribution in [-0.2, 0) is 17.8 Å². The summed E-state index contributed by atoms with van der Waals surface area (Å²) < 4.78 is 0.971. The number of aryl methyl sites for hydroxylation is 1. The fourth-order valence-electron chi connectivity index (χ4n) is 2.65. The number of urea groups is 1. The number of imide groups is 1. The van der Waals surface area contributed by atoms with Gasteiger partial charge in [0.2, 0.25) is 0 Å². The lowest BCUT2D eigenvalue weighted by atomic mass is 10.1. The highest BCUT2D eigenvalue weighted by Gasteiger charge is 2.37. The van der Waals surface area contributed by atoms with Crippen LogP contribution >= 0.6 is 15.9 Å².